The highest BCUT2D eigenvalue weighted by Crippen LogP contribution is 2.54. The molecular weight excluding hydrogens is 454 g/mol. The van der Waals surface area contributed by atoms with Gasteiger partial charge >= 0.3 is 0 Å². The molecule has 192 valence electrons. The Morgan fingerprint density at radius 1 is 1.08 bits per heavy atom. The maximum Gasteiger partial charge on any atom is 0.225 e. The summed E-state index contributed by atoms with van der Waals surface area (Å²) < 4.78 is 12.3. The second-order valence-corrected chi connectivity index (χ2v) is 10.3. The highest BCUT2D eigenvalue weighted by Gasteiger charge is 2.59. The molecule has 3 heterocycles. The number of unbranched alkanes of at least 4 members (excludes halogenated alkanes) is 8. The number of amides is 2. The van der Waals surface area contributed by atoms with Crippen molar-refractivity contribution in [2.75, 3.05) is 5.32 Å². The molecule has 3 aliphatic rings. The molecule has 2 N–H and O–H groups in total. The molecule has 2 aliphatic heterocycles. The van der Waals surface area contributed by atoms with Crippen LogP contribution in [-0.2, 0) is 16.0 Å². The fourth-order valence-electron chi connectivity index (χ4n) is 5.41. The number of fused-ring (bicyclic) bond motifs is 4. The number of carbonyl (C=O) groups excluding carboxylic acids is 2. The average Bonchev–Trinajstić information content (AvgIpc) is 3.39. The molecule has 2 amide bonds. The van der Waals surface area contributed by atoms with E-state index in [9.17, 15) is 9.59 Å². The van der Waals surface area contributed by atoms with E-state index in [2.05, 4.69) is 22.5 Å². The Hall–Kier alpha value is -3.09. The van der Waals surface area contributed by atoms with E-state index in [0.29, 0.717) is 30.8 Å². The van der Waals surface area contributed by atoms with Crippen LogP contribution < -0.4 is 20.1 Å². The highest BCUT2D eigenvalue weighted by atomic mass is 16.5. The van der Waals surface area contributed by atoms with Crippen LogP contribution >= 0.6 is 0 Å². The Bertz CT molecular complexity index is 1100. The molecule has 36 heavy (non-hydrogen) atoms. The van der Waals surface area contributed by atoms with Crippen LogP contribution in [0.2, 0.25) is 0 Å². The number of hydrogen-bond donors (Lipinski definition) is 2. The van der Waals surface area contributed by atoms with E-state index in [1.807, 2.05) is 24.3 Å². The van der Waals surface area contributed by atoms with E-state index in [1.165, 1.54) is 44.9 Å². The van der Waals surface area contributed by atoms with Crippen LogP contribution in [0, 0.1) is 0 Å². The number of nitrogens with zero attached hydrogens (tertiary/aromatic N) is 1. The average molecular weight is 492 g/mol. The van der Waals surface area contributed by atoms with Gasteiger partial charge in [-0.15, -0.1) is 0 Å². The summed E-state index contributed by atoms with van der Waals surface area (Å²) in [6, 6.07) is 7.72. The summed E-state index contributed by atoms with van der Waals surface area (Å²) >= 11 is 0. The molecule has 0 unspecified atom stereocenters. The lowest BCUT2D eigenvalue weighted by molar-refractivity contribution is -0.121. The van der Waals surface area contributed by atoms with Crippen LogP contribution in [0.1, 0.15) is 94.6 Å². The van der Waals surface area contributed by atoms with Gasteiger partial charge in [-0.05, 0) is 37.1 Å². The zero-order chi connectivity index (χ0) is 24.9. The van der Waals surface area contributed by atoms with Crippen LogP contribution in [0.3, 0.4) is 0 Å². The minimum absolute atomic E-state index is 0.0196. The molecule has 7 nitrogen and oxygen atoms in total. The van der Waals surface area contributed by atoms with E-state index < -0.39 is 0 Å². The summed E-state index contributed by atoms with van der Waals surface area (Å²) in [5.74, 6) is 3.15. The van der Waals surface area contributed by atoms with E-state index in [0.717, 1.165) is 35.5 Å². The summed E-state index contributed by atoms with van der Waals surface area (Å²) in [7, 11) is 0. The van der Waals surface area contributed by atoms with Gasteiger partial charge in [0.25, 0.3) is 0 Å². The van der Waals surface area contributed by atoms with Crippen LogP contribution in [0.25, 0.3) is 0 Å². The van der Waals surface area contributed by atoms with E-state index >= 15 is 0 Å². The smallest absolute Gasteiger partial charge is 0.225 e. The standard InChI is InChI=1S/C29H37N3O4/c1-2-3-4-5-6-7-8-9-10-11-24(33)31-27-26-21-18-19(12-14-22(21)36-28(26)27)35-23-16-17-30-29-20(23)13-15-25(34)32-29/h12,14,16-18,26-28H,2-11,13,15H2,1H3,(H,31,33)(H,30,32,34)/t26-,27+,28-/m0/s1. The van der Waals surface area contributed by atoms with Gasteiger partial charge in [0.1, 0.15) is 29.2 Å². The Labute approximate surface area is 213 Å². The topological polar surface area (TPSA) is 89.6 Å². The fourth-order valence-corrected chi connectivity index (χ4v) is 5.41. The van der Waals surface area contributed by atoms with Crippen LogP contribution in [0.4, 0.5) is 5.82 Å². The van der Waals surface area contributed by atoms with Gasteiger partial charge in [-0.2, -0.15) is 0 Å². The fraction of sp³-hybridized carbons (Fsp3) is 0.552. The minimum Gasteiger partial charge on any atom is -0.487 e. The minimum atomic E-state index is -0.0208. The van der Waals surface area contributed by atoms with Crippen molar-refractivity contribution < 1.29 is 19.1 Å². The summed E-state index contributed by atoms with van der Waals surface area (Å²) in [6.07, 6.45) is 14.5. The van der Waals surface area contributed by atoms with Gasteiger partial charge in [0, 0.05) is 30.2 Å². The molecule has 1 aromatic heterocycles. The third-order valence-corrected chi connectivity index (χ3v) is 7.49. The molecule has 1 aliphatic carbocycles. The molecule has 1 aromatic carbocycles. The van der Waals surface area contributed by atoms with Gasteiger partial charge in [0.05, 0.1) is 12.0 Å². The number of hydrogen-bond acceptors (Lipinski definition) is 5. The van der Waals surface area contributed by atoms with Crippen LogP contribution in [0.15, 0.2) is 30.5 Å². The van der Waals surface area contributed by atoms with Crippen LogP contribution in [0.5, 0.6) is 17.2 Å². The number of nitrogens with one attached hydrogen (secondary N) is 2. The Morgan fingerprint density at radius 2 is 1.86 bits per heavy atom. The van der Waals surface area contributed by atoms with Crippen molar-refractivity contribution in [3.8, 4) is 17.2 Å². The number of pyridine rings is 1. The second kappa shape index (κ2) is 11.3. The van der Waals surface area contributed by atoms with Gasteiger partial charge < -0.3 is 20.1 Å². The molecule has 3 atom stereocenters. The number of ether oxygens (including phenoxy) is 2. The molecule has 2 aromatic rings. The predicted molar refractivity (Wildman–Crippen MR) is 139 cm³/mol. The van der Waals surface area contributed by atoms with Gasteiger partial charge in [-0.25, -0.2) is 4.98 Å². The molecule has 0 spiro atoms. The van der Waals surface area contributed by atoms with Crippen molar-refractivity contribution in [2.24, 2.45) is 0 Å². The van der Waals surface area contributed by atoms with E-state index in [-0.39, 0.29) is 29.9 Å². The zero-order valence-corrected chi connectivity index (χ0v) is 21.2. The third kappa shape index (κ3) is 5.66. The first-order valence-electron chi connectivity index (χ1n) is 13.7. The van der Waals surface area contributed by atoms with Gasteiger partial charge in [0.2, 0.25) is 11.8 Å². The Morgan fingerprint density at radius 3 is 2.67 bits per heavy atom. The van der Waals surface area contributed by atoms with Crippen molar-refractivity contribution in [1.29, 1.82) is 0 Å². The first-order chi connectivity index (χ1) is 17.6. The quantitative estimate of drug-likeness (QED) is 0.334. The maximum absolute atomic E-state index is 12.5. The SMILES string of the molecule is CCCCCCCCCCCC(=O)N[C@H]1[C@H]2Oc3ccc(Oc4ccnc5c4CCC(=O)N5)cc3[C@@H]12. The Balaban J connectivity index is 1.08. The van der Waals surface area contributed by atoms with E-state index in [1.54, 1.807) is 6.20 Å². The molecule has 7 heteroatoms. The molecule has 0 bridgehead atoms. The van der Waals surface area contributed by atoms with Crippen molar-refractivity contribution in [3.63, 3.8) is 0 Å². The highest BCUT2D eigenvalue weighted by molar-refractivity contribution is 5.93. The number of carbonyl (C=O) groups is 2. The van der Waals surface area contributed by atoms with Gasteiger partial charge in [-0.1, -0.05) is 58.3 Å². The third-order valence-electron chi connectivity index (χ3n) is 7.49. The number of aromatic nitrogens is 1. The number of benzene rings is 1. The van der Waals surface area contributed by atoms with Crippen molar-refractivity contribution in [2.45, 2.75) is 102 Å². The van der Waals surface area contributed by atoms with E-state index in [4.69, 9.17) is 9.47 Å². The lowest BCUT2D eigenvalue weighted by Crippen LogP contribution is -2.29. The molecule has 0 saturated heterocycles. The van der Waals surface area contributed by atoms with Crippen molar-refractivity contribution >= 4 is 17.6 Å². The normalized spacial score (nSPS) is 21.0. The zero-order valence-electron chi connectivity index (χ0n) is 21.2. The summed E-state index contributed by atoms with van der Waals surface area (Å²) in [5.41, 5.74) is 2.00. The summed E-state index contributed by atoms with van der Waals surface area (Å²) in [4.78, 5) is 28.4. The maximum atomic E-state index is 12.5. The largest absolute Gasteiger partial charge is 0.487 e. The molecular formula is C29H37N3O4. The molecule has 0 radical (unpaired) electrons. The lowest BCUT2D eigenvalue weighted by atomic mass is 10.1. The molecule has 5 rings (SSSR count). The molecule has 1 saturated carbocycles. The van der Waals surface area contributed by atoms with Gasteiger partial charge in [0.15, 0.2) is 0 Å². The number of rotatable bonds is 13. The monoisotopic (exact) mass is 491 g/mol. The lowest BCUT2D eigenvalue weighted by Gasteiger charge is -2.19. The first kappa shape index (κ1) is 24.6. The Kier molecular flexibility index (Phi) is 7.73. The first-order valence-corrected chi connectivity index (χ1v) is 13.7. The second-order valence-electron chi connectivity index (χ2n) is 10.3. The van der Waals surface area contributed by atoms with Crippen LogP contribution in [-0.4, -0.2) is 28.9 Å². The summed E-state index contributed by atoms with van der Waals surface area (Å²) in [5, 5.41) is 5.99. The summed E-state index contributed by atoms with van der Waals surface area (Å²) in [6.45, 7) is 2.25. The number of anilines is 1. The predicted octanol–water partition coefficient (Wildman–Crippen LogP) is 6.02. The molecule has 1 fully saturated rings. The van der Waals surface area contributed by atoms with Crippen molar-refractivity contribution in [1.82, 2.24) is 10.3 Å². The van der Waals surface area contributed by atoms with Crippen molar-refractivity contribution in [3.05, 3.63) is 41.6 Å². The van der Waals surface area contributed by atoms with Gasteiger partial charge in [-0.3, -0.25) is 9.59 Å².